The molecule has 0 saturated carbocycles. The third kappa shape index (κ3) is 4.04. The molecule has 3 rings (SSSR count). The molecule has 7 nitrogen and oxygen atoms in total. The number of hydrogen-bond acceptors (Lipinski definition) is 5. The highest BCUT2D eigenvalue weighted by atomic mass is 16.3. The molecule has 138 valence electrons. The van der Waals surface area contributed by atoms with Crippen LogP contribution in [0.25, 0.3) is 0 Å². The van der Waals surface area contributed by atoms with Gasteiger partial charge in [-0.05, 0) is 24.3 Å². The largest absolute Gasteiger partial charge is 0.459 e. The van der Waals surface area contributed by atoms with Crippen LogP contribution in [0, 0.1) is 5.41 Å². The summed E-state index contributed by atoms with van der Waals surface area (Å²) in [5.41, 5.74) is 0.515. The molecule has 1 fully saturated rings. The number of carbonyl (C=O) groups is 2. The van der Waals surface area contributed by atoms with Gasteiger partial charge in [-0.3, -0.25) is 9.59 Å². The summed E-state index contributed by atoms with van der Waals surface area (Å²) in [5, 5.41) is 2.82. The predicted molar refractivity (Wildman–Crippen MR) is 99.1 cm³/mol. The second-order valence-corrected chi connectivity index (χ2v) is 7.36. The van der Waals surface area contributed by atoms with Crippen LogP contribution in [0.3, 0.4) is 0 Å². The number of nitrogens with zero attached hydrogens (tertiary/aromatic N) is 3. The van der Waals surface area contributed by atoms with Crippen molar-refractivity contribution in [3.63, 3.8) is 0 Å². The van der Waals surface area contributed by atoms with E-state index in [1.54, 1.807) is 29.3 Å². The minimum absolute atomic E-state index is 0.0668. The zero-order chi connectivity index (χ0) is 18.7. The van der Waals surface area contributed by atoms with Crippen LogP contribution in [0.1, 0.15) is 31.3 Å². The molecule has 0 atom stereocenters. The van der Waals surface area contributed by atoms with Gasteiger partial charge in [0.15, 0.2) is 5.76 Å². The van der Waals surface area contributed by atoms with Crippen LogP contribution in [0.5, 0.6) is 0 Å². The number of hydrogen-bond donors (Lipinski definition) is 1. The quantitative estimate of drug-likeness (QED) is 0.915. The SMILES string of the molecule is CC(C)(C)C(=O)Nc1ccc(N2CCN(C(=O)c3ccco3)CC2)cn1. The Labute approximate surface area is 153 Å². The van der Waals surface area contributed by atoms with E-state index in [2.05, 4.69) is 15.2 Å². The molecule has 2 aromatic heterocycles. The Bertz CT molecular complexity index is 755. The molecule has 0 aromatic carbocycles. The highest BCUT2D eigenvalue weighted by molar-refractivity contribution is 5.93. The van der Waals surface area contributed by atoms with Crippen molar-refractivity contribution in [3.05, 3.63) is 42.5 Å². The van der Waals surface area contributed by atoms with Gasteiger partial charge in [0.25, 0.3) is 5.91 Å². The van der Waals surface area contributed by atoms with Gasteiger partial charge < -0.3 is 19.5 Å². The lowest BCUT2D eigenvalue weighted by molar-refractivity contribution is -0.123. The maximum atomic E-state index is 12.3. The standard InChI is InChI=1S/C19H24N4O3/c1-19(2,3)18(25)21-16-7-6-14(13-20-16)22-8-10-23(11-9-22)17(24)15-5-4-12-26-15/h4-7,12-13H,8-11H2,1-3H3,(H,20,21,25). The average Bonchev–Trinajstić information content (AvgIpc) is 3.16. The third-order valence-corrected chi connectivity index (χ3v) is 4.33. The smallest absolute Gasteiger partial charge is 0.289 e. The Morgan fingerprint density at radius 1 is 1.12 bits per heavy atom. The molecule has 1 saturated heterocycles. The summed E-state index contributed by atoms with van der Waals surface area (Å²) in [4.78, 5) is 32.6. The lowest BCUT2D eigenvalue weighted by Gasteiger charge is -2.35. The zero-order valence-corrected chi connectivity index (χ0v) is 15.4. The van der Waals surface area contributed by atoms with Crippen LogP contribution in [0.15, 0.2) is 41.1 Å². The van der Waals surface area contributed by atoms with E-state index in [0.29, 0.717) is 24.7 Å². The molecule has 7 heteroatoms. The van der Waals surface area contributed by atoms with Crippen LogP contribution in [0.4, 0.5) is 11.5 Å². The molecule has 2 aromatic rings. The first-order valence-electron chi connectivity index (χ1n) is 8.70. The number of pyridine rings is 1. The van der Waals surface area contributed by atoms with Gasteiger partial charge in [-0.25, -0.2) is 4.98 Å². The molecule has 26 heavy (non-hydrogen) atoms. The highest BCUT2D eigenvalue weighted by Crippen LogP contribution is 2.20. The zero-order valence-electron chi connectivity index (χ0n) is 15.4. The average molecular weight is 356 g/mol. The maximum absolute atomic E-state index is 12.3. The molecular formula is C19H24N4O3. The van der Waals surface area contributed by atoms with Gasteiger partial charge >= 0.3 is 0 Å². The van der Waals surface area contributed by atoms with Crippen molar-refractivity contribution in [1.82, 2.24) is 9.88 Å². The topological polar surface area (TPSA) is 78.7 Å². The number of anilines is 2. The molecule has 3 heterocycles. The van der Waals surface area contributed by atoms with Gasteiger partial charge in [0, 0.05) is 31.6 Å². The normalized spacial score (nSPS) is 15.0. The number of furan rings is 1. The number of amides is 2. The van der Waals surface area contributed by atoms with Crippen LogP contribution in [-0.2, 0) is 4.79 Å². The lowest BCUT2D eigenvalue weighted by atomic mass is 9.96. The second kappa shape index (κ2) is 7.19. The summed E-state index contributed by atoms with van der Waals surface area (Å²) in [6.45, 7) is 8.29. The Hall–Kier alpha value is -2.83. The molecule has 1 N–H and O–H groups in total. The van der Waals surface area contributed by atoms with Crippen molar-refractivity contribution in [2.24, 2.45) is 5.41 Å². The third-order valence-electron chi connectivity index (χ3n) is 4.33. The Morgan fingerprint density at radius 3 is 2.38 bits per heavy atom. The van der Waals surface area contributed by atoms with E-state index in [9.17, 15) is 9.59 Å². The first-order chi connectivity index (χ1) is 12.3. The molecule has 0 unspecified atom stereocenters. The summed E-state index contributed by atoms with van der Waals surface area (Å²) in [6.07, 6.45) is 3.26. The van der Waals surface area contributed by atoms with Gasteiger partial charge in [0.1, 0.15) is 5.82 Å². The molecule has 2 amide bonds. The van der Waals surface area contributed by atoms with Gasteiger partial charge in [-0.2, -0.15) is 0 Å². The van der Waals surface area contributed by atoms with E-state index >= 15 is 0 Å². The van der Waals surface area contributed by atoms with Gasteiger partial charge in [-0.15, -0.1) is 0 Å². The van der Waals surface area contributed by atoms with Crippen LogP contribution < -0.4 is 10.2 Å². The number of rotatable bonds is 3. The first-order valence-corrected chi connectivity index (χ1v) is 8.70. The van der Waals surface area contributed by atoms with E-state index in [0.717, 1.165) is 18.8 Å². The van der Waals surface area contributed by atoms with Crippen molar-refractivity contribution in [3.8, 4) is 0 Å². The van der Waals surface area contributed by atoms with Crippen molar-refractivity contribution in [2.45, 2.75) is 20.8 Å². The van der Waals surface area contributed by atoms with E-state index in [-0.39, 0.29) is 11.8 Å². The minimum atomic E-state index is -0.461. The number of aromatic nitrogens is 1. The summed E-state index contributed by atoms with van der Waals surface area (Å²) in [5.74, 6) is 0.773. The second-order valence-electron chi connectivity index (χ2n) is 7.36. The van der Waals surface area contributed by atoms with Crippen LogP contribution in [0.2, 0.25) is 0 Å². The van der Waals surface area contributed by atoms with Gasteiger partial charge in [0.05, 0.1) is 18.1 Å². The Balaban J connectivity index is 1.56. The number of piperazine rings is 1. The molecule has 1 aliphatic heterocycles. The van der Waals surface area contributed by atoms with Crippen LogP contribution in [-0.4, -0.2) is 47.9 Å². The van der Waals surface area contributed by atoms with Crippen molar-refractivity contribution < 1.29 is 14.0 Å². The molecule has 0 spiro atoms. The van der Waals surface area contributed by atoms with Crippen LogP contribution >= 0.6 is 0 Å². The summed E-state index contributed by atoms with van der Waals surface area (Å²) < 4.78 is 5.18. The summed E-state index contributed by atoms with van der Waals surface area (Å²) >= 11 is 0. The Kier molecular flexibility index (Phi) is 4.97. The molecule has 0 aliphatic carbocycles. The molecular weight excluding hydrogens is 332 g/mol. The molecule has 0 radical (unpaired) electrons. The van der Waals surface area contributed by atoms with E-state index in [1.807, 2.05) is 26.8 Å². The van der Waals surface area contributed by atoms with Gasteiger partial charge in [-0.1, -0.05) is 20.8 Å². The van der Waals surface area contributed by atoms with E-state index < -0.39 is 5.41 Å². The monoisotopic (exact) mass is 356 g/mol. The fraction of sp³-hybridized carbons (Fsp3) is 0.421. The van der Waals surface area contributed by atoms with E-state index in [4.69, 9.17) is 4.42 Å². The lowest BCUT2D eigenvalue weighted by Crippen LogP contribution is -2.48. The van der Waals surface area contributed by atoms with Crippen molar-refractivity contribution in [2.75, 3.05) is 36.4 Å². The first kappa shape index (κ1) is 18.0. The fourth-order valence-corrected chi connectivity index (χ4v) is 2.67. The number of nitrogens with one attached hydrogen (secondary N) is 1. The number of carbonyl (C=O) groups excluding carboxylic acids is 2. The van der Waals surface area contributed by atoms with Crippen molar-refractivity contribution >= 4 is 23.3 Å². The van der Waals surface area contributed by atoms with Gasteiger partial charge in [0.2, 0.25) is 5.91 Å². The summed E-state index contributed by atoms with van der Waals surface area (Å²) in [7, 11) is 0. The predicted octanol–water partition coefficient (Wildman–Crippen LogP) is 2.62. The maximum Gasteiger partial charge on any atom is 0.289 e. The molecule has 0 bridgehead atoms. The Morgan fingerprint density at radius 2 is 1.85 bits per heavy atom. The highest BCUT2D eigenvalue weighted by Gasteiger charge is 2.24. The van der Waals surface area contributed by atoms with Crippen molar-refractivity contribution in [1.29, 1.82) is 0 Å². The minimum Gasteiger partial charge on any atom is -0.459 e. The summed E-state index contributed by atoms with van der Waals surface area (Å²) in [6, 6.07) is 7.15. The van der Waals surface area contributed by atoms with E-state index in [1.165, 1.54) is 6.26 Å². The molecule has 1 aliphatic rings. The fourth-order valence-electron chi connectivity index (χ4n) is 2.67.